The Morgan fingerprint density at radius 3 is 2.44 bits per heavy atom. The molecule has 0 bridgehead atoms. The highest BCUT2D eigenvalue weighted by Crippen LogP contribution is 2.32. The Kier molecular flexibility index (Phi) is 3.79. The summed E-state index contributed by atoms with van der Waals surface area (Å²) in [5.74, 6) is 0. The van der Waals surface area contributed by atoms with Crippen LogP contribution in [0, 0.1) is 20.8 Å². The van der Waals surface area contributed by atoms with Crippen LogP contribution >= 0.6 is 0 Å². The molecule has 2 rings (SSSR count). The van der Waals surface area contributed by atoms with Crippen LogP contribution in [0.3, 0.4) is 0 Å². The maximum Gasteiger partial charge on any atom is 0.0284 e. The van der Waals surface area contributed by atoms with Crippen LogP contribution in [0.4, 0.5) is 0 Å². The van der Waals surface area contributed by atoms with Gasteiger partial charge < -0.3 is 10.6 Å². The van der Waals surface area contributed by atoms with Gasteiger partial charge in [-0.25, -0.2) is 0 Å². The highest BCUT2D eigenvalue weighted by molar-refractivity contribution is 5.38. The first-order valence-corrected chi connectivity index (χ1v) is 6.94. The topological polar surface area (TPSA) is 29.3 Å². The summed E-state index contributed by atoms with van der Waals surface area (Å²) in [6.07, 6.45) is 3.51. The van der Waals surface area contributed by atoms with Crippen molar-refractivity contribution in [3.8, 4) is 0 Å². The minimum absolute atomic E-state index is 0.132. The third kappa shape index (κ3) is 3.12. The lowest BCUT2D eigenvalue weighted by Gasteiger charge is -2.21. The van der Waals surface area contributed by atoms with E-state index >= 15 is 0 Å². The number of aryl methyl sites for hydroxylation is 1. The van der Waals surface area contributed by atoms with Gasteiger partial charge in [0.1, 0.15) is 0 Å². The third-order valence-electron chi connectivity index (χ3n) is 4.41. The van der Waals surface area contributed by atoms with Crippen molar-refractivity contribution in [1.82, 2.24) is 4.90 Å². The Labute approximate surface area is 111 Å². The lowest BCUT2D eigenvalue weighted by Crippen LogP contribution is -2.38. The molecule has 1 saturated carbocycles. The van der Waals surface area contributed by atoms with Crippen molar-refractivity contribution in [2.45, 2.75) is 45.6 Å². The highest BCUT2D eigenvalue weighted by Gasteiger charge is 2.38. The van der Waals surface area contributed by atoms with Crippen molar-refractivity contribution in [2.75, 3.05) is 20.1 Å². The zero-order valence-corrected chi connectivity index (χ0v) is 12.2. The van der Waals surface area contributed by atoms with Crippen molar-refractivity contribution in [3.63, 3.8) is 0 Å². The number of hydrogen-bond donors (Lipinski definition) is 1. The Morgan fingerprint density at radius 2 is 1.83 bits per heavy atom. The molecule has 0 saturated heterocycles. The molecule has 1 fully saturated rings. The quantitative estimate of drug-likeness (QED) is 0.865. The van der Waals surface area contributed by atoms with Crippen molar-refractivity contribution in [3.05, 3.63) is 34.4 Å². The number of nitrogens with zero attached hydrogens (tertiary/aromatic N) is 1. The van der Waals surface area contributed by atoms with Gasteiger partial charge in [-0.1, -0.05) is 12.1 Å². The first-order valence-electron chi connectivity index (χ1n) is 6.94. The Balaban J connectivity index is 1.91. The molecule has 1 aliphatic rings. The smallest absolute Gasteiger partial charge is 0.0284 e. The lowest BCUT2D eigenvalue weighted by atomic mass is 9.97. The number of rotatable bonds is 5. The zero-order chi connectivity index (χ0) is 13.3. The monoisotopic (exact) mass is 246 g/mol. The summed E-state index contributed by atoms with van der Waals surface area (Å²) in [6, 6.07) is 4.52. The molecular formula is C16H26N2. The Hall–Kier alpha value is -0.860. The maximum atomic E-state index is 6.15. The van der Waals surface area contributed by atoms with Gasteiger partial charge in [-0.05, 0) is 69.3 Å². The van der Waals surface area contributed by atoms with Crippen LogP contribution in [-0.4, -0.2) is 30.6 Å². The fourth-order valence-corrected chi connectivity index (χ4v) is 2.53. The molecule has 1 aliphatic carbocycles. The molecule has 0 amide bonds. The number of benzene rings is 1. The average Bonchev–Trinajstić information content (AvgIpc) is 3.03. The Morgan fingerprint density at radius 1 is 1.17 bits per heavy atom. The summed E-state index contributed by atoms with van der Waals surface area (Å²) in [5.41, 5.74) is 12.0. The van der Waals surface area contributed by atoms with E-state index in [0.29, 0.717) is 0 Å². The van der Waals surface area contributed by atoms with Gasteiger partial charge in [0.15, 0.2) is 0 Å². The SMILES string of the molecule is Cc1ccc(CCN(C)CC2(N)CC2)c(C)c1C. The van der Waals surface area contributed by atoms with Crippen molar-refractivity contribution in [1.29, 1.82) is 0 Å². The van der Waals surface area contributed by atoms with E-state index in [1.165, 1.54) is 35.1 Å². The van der Waals surface area contributed by atoms with Crippen LogP contribution in [0.25, 0.3) is 0 Å². The van der Waals surface area contributed by atoms with Gasteiger partial charge in [-0.2, -0.15) is 0 Å². The molecule has 0 aromatic heterocycles. The molecule has 2 N–H and O–H groups in total. The van der Waals surface area contributed by atoms with Gasteiger partial charge in [0.05, 0.1) is 0 Å². The molecule has 2 nitrogen and oxygen atoms in total. The number of nitrogens with two attached hydrogens (primary N) is 1. The normalized spacial score (nSPS) is 17.2. The van der Waals surface area contributed by atoms with E-state index in [-0.39, 0.29) is 5.54 Å². The molecule has 0 spiro atoms. The van der Waals surface area contributed by atoms with Gasteiger partial charge in [-0.15, -0.1) is 0 Å². The van der Waals surface area contributed by atoms with Gasteiger partial charge >= 0.3 is 0 Å². The molecule has 18 heavy (non-hydrogen) atoms. The van der Waals surface area contributed by atoms with Crippen LogP contribution in [0.5, 0.6) is 0 Å². The Bertz CT molecular complexity index is 433. The molecule has 0 unspecified atom stereocenters. The molecule has 2 heteroatoms. The minimum Gasteiger partial charge on any atom is -0.324 e. The molecule has 0 heterocycles. The molecule has 100 valence electrons. The van der Waals surface area contributed by atoms with Crippen LogP contribution in [0.2, 0.25) is 0 Å². The largest absolute Gasteiger partial charge is 0.324 e. The number of likely N-dealkylation sites (N-methyl/N-ethyl adjacent to an activating group) is 1. The summed E-state index contributed by atoms with van der Waals surface area (Å²) in [5, 5.41) is 0. The van der Waals surface area contributed by atoms with E-state index in [0.717, 1.165) is 19.5 Å². The first-order chi connectivity index (χ1) is 8.41. The maximum absolute atomic E-state index is 6.15. The summed E-state index contributed by atoms with van der Waals surface area (Å²) < 4.78 is 0. The van der Waals surface area contributed by atoms with Crippen LogP contribution in [0.1, 0.15) is 35.1 Å². The van der Waals surface area contributed by atoms with E-state index in [2.05, 4.69) is 44.9 Å². The third-order valence-corrected chi connectivity index (χ3v) is 4.41. The minimum atomic E-state index is 0.132. The lowest BCUT2D eigenvalue weighted by molar-refractivity contribution is 0.306. The van der Waals surface area contributed by atoms with E-state index < -0.39 is 0 Å². The first kappa shape index (κ1) is 13.6. The summed E-state index contributed by atoms with van der Waals surface area (Å²) in [4.78, 5) is 2.38. The number of hydrogen-bond acceptors (Lipinski definition) is 2. The van der Waals surface area contributed by atoms with Crippen molar-refractivity contribution in [2.24, 2.45) is 5.73 Å². The second-order valence-corrected chi connectivity index (χ2v) is 6.14. The van der Waals surface area contributed by atoms with Crippen LogP contribution in [-0.2, 0) is 6.42 Å². The second-order valence-electron chi connectivity index (χ2n) is 6.14. The van der Waals surface area contributed by atoms with Gasteiger partial charge in [-0.3, -0.25) is 0 Å². The fourth-order valence-electron chi connectivity index (χ4n) is 2.53. The molecule has 1 aromatic carbocycles. The second kappa shape index (κ2) is 5.02. The predicted molar refractivity (Wildman–Crippen MR) is 78.0 cm³/mol. The van der Waals surface area contributed by atoms with Crippen molar-refractivity contribution < 1.29 is 0 Å². The fraction of sp³-hybridized carbons (Fsp3) is 0.625. The van der Waals surface area contributed by atoms with Gasteiger partial charge in [0.25, 0.3) is 0 Å². The van der Waals surface area contributed by atoms with E-state index in [9.17, 15) is 0 Å². The van der Waals surface area contributed by atoms with E-state index in [1.54, 1.807) is 0 Å². The molecule has 0 radical (unpaired) electrons. The zero-order valence-electron chi connectivity index (χ0n) is 12.2. The van der Waals surface area contributed by atoms with Crippen LogP contribution < -0.4 is 5.73 Å². The highest BCUT2D eigenvalue weighted by atomic mass is 15.1. The molecule has 1 aromatic rings. The summed E-state index contributed by atoms with van der Waals surface area (Å²) >= 11 is 0. The molecule has 0 atom stereocenters. The van der Waals surface area contributed by atoms with Gasteiger partial charge in [0.2, 0.25) is 0 Å². The average molecular weight is 246 g/mol. The summed E-state index contributed by atoms with van der Waals surface area (Å²) in [6.45, 7) is 8.78. The molecular weight excluding hydrogens is 220 g/mol. The van der Waals surface area contributed by atoms with E-state index in [4.69, 9.17) is 5.73 Å². The summed E-state index contributed by atoms with van der Waals surface area (Å²) in [7, 11) is 2.18. The van der Waals surface area contributed by atoms with Crippen molar-refractivity contribution >= 4 is 0 Å². The van der Waals surface area contributed by atoms with Gasteiger partial charge in [0, 0.05) is 18.6 Å². The molecule has 0 aliphatic heterocycles. The standard InChI is InChI=1S/C16H26N2/c1-12-5-6-15(14(3)13(12)2)7-10-18(4)11-16(17)8-9-16/h5-6H,7-11,17H2,1-4H3. The van der Waals surface area contributed by atoms with Crippen LogP contribution in [0.15, 0.2) is 12.1 Å². The predicted octanol–water partition coefficient (Wildman–Crippen LogP) is 2.58. The van der Waals surface area contributed by atoms with E-state index in [1.807, 2.05) is 0 Å².